The highest BCUT2D eigenvalue weighted by Gasteiger charge is 2.09. The zero-order valence-corrected chi connectivity index (χ0v) is 11.9. The molecule has 0 saturated carbocycles. The van der Waals surface area contributed by atoms with Gasteiger partial charge in [-0.1, -0.05) is 24.3 Å². The maximum atomic E-state index is 12.2. The number of rotatable bonds is 3. The Labute approximate surface area is 122 Å². The second-order valence-corrected chi connectivity index (χ2v) is 4.88. The van der Waals surface area contributed by atoms with E-state index in [4.69, 9.17) is 0 Å². The molecule has 0 atom stereocenters. The second kappa shape index (κ2) is 5.32. The van der Waals surface area contributed by atoms with Gasteiger partial charge >= 0.3 is 0 Å². The molecule has 3 rings (SSSR count). The monoisotopic (exact) mass is 277 g/mol. The Morgan fingerprint density at radius 2 is 2.05 bits per heavy atom. The van der Waals surface area contributed by atoms with E-state index in [0.717, 1.165) is 22.2 Å². The first-order chi connectivity index (χ1) is 10.2. The highest BCUT2D eigenvalue weighted by atomic mass is 16.1. The molecule has 3 aromatic rings. The smallest absolute Gasteiger partial charge is 0.189 e. The van der Waals surface area contributed by atoms with Crippen LogP contribution in [-0.4, -0.2) is 20.5 Å². The van der Waals surface area contributed by atoms with E-state index in [1.54, 1.807) is 23.2 Å². The average Bonchev–Trinajstić information content (AvgIpc) is 2.84. The fraction of sp³-hybridized carbons (Fsp3) is 0.118. The number of allylic oxidation sites excluding steroid dienone is 1. The lowest BCUT2D eigenvalue weighted by molar-refractivity contribution is 0.104. The molecule has 0 amide bonds. The van der Waals surface area contributed by atoms with E-state index < -0.39 is 0 Å². The number of fused-ring (bicyclic) bond motifs is 1. The molecular formula is C17H15N3O. The minimum atomic E-state index is -0.0403. The lowest BCUT2D eigenvalue weighted by atomic mass is 10.1. The van der Waals surface area contributed by atoms with E-state index in [1.807, 2.05) is 50.4 Å². The topological polar surface area (TPSA) is 47.8 Å². The molecule has 21 heavy (non-hydrogen) atoms. The summed E-state index contributed by atoms with van der Waals surface area (Å²) in [6.07, 6.45) is 6.78. The van der Waals surface area contributed by atoms with Crippen molar-refractivity contribution >= 4 is 22.8 Å². The van der Waals surface area contributed by atoms with Gasteiger partial charge in [-0.15, -0.1) is 0 Å². The van der Waals surface area contributed by atoms with Crippen LogP contribution in [0.1, 0.15) is 21.6 Å². The lowest BCUT2D eigenvalue weighted by Gasteiger charge is -2.00. The van der Waals surface area contributed by atoms with Crippen LogP contribution in [0.5, 0.6) is 0 Å². The van der Waals surface area contributed by atoms with Gasteiger partial charge in [0.05, 0.1) is 17.3 Å². The molecule has 4 nitrogen and oxygen atoms in total. The highest BCUT2D eigenvalue weighted by molar-refractivity contribution is 6.08. The summed E-state index contributed by atoms with van der Waals surface area (Å²) in [4.78, 5) is 16.5. The molecular weight excluding hydrogens is 262 g/mol. The maximum Gasteiger partial charge on any atom is 0.189 e. The molecule has 0 aliphatic rings. The van der Waals surface area contributed by atoms with Crippen molar-refractivity contribution in [3.63, 3.8) is 0 Å². The number of hydrogen-bond donors (Lipinski definition) is 0. The Hall–Kier alpha value is -2.75. The van der Waals surface area contributed by atoms with Crippen molar-refractivity contribution in [3.8, 4) is 0 Å². The van der Waals surface area contributed by atoms with Gasteiger partial charge < -0.3 is 0 Å². The van der Waals surface area contributed by atoms with E-state index in [2.05, 4.69) is 10.1 Å². The normalized spacial score (nSPS) is 11.3. The summed E-state index contributed by atoms with van der Waals surface area (Å²) in [6, 6.07) is 9.78. The molecule has 2 heterocycles. The van der Waals surface area contributed by atoms with Gasteiger partial charge in [-0.25, -0.2) is 0 Å². The van der Waals surface area contributed by atoms with Crippen LogP contribution in [0.25, 0.3) is 17.0 Å². The molecule has 4 heteroatoms. The standard InChI is InChI=1S/C17H15N3O/c1-12-15(11-19-20(12)2)17(21)8-7-13-9-10-18-16-6-4-3-5-14(13)16/h3-11H,1-2H3/b8-7+. The first kappa shape index (κ1) is 13.2. The number of aromatic nitrogens is 3. The predicted molar refractivity (Wildman–Crippen MR) is 83.1 cm³/mol. The van der Waals surface area contributed by atoms with Crippen LogP contribution in [0.2, 0.25) is 0 Å². The van der Waals surface area contributed by atoms with E-state index >= 15 is 0 Å². The molecule has 0 N–H and O–H groups in total. The molecule has 1 aromatic carbocycles. The summed E-state index contributed by atoms with van der Waals surface area (Å²) < 4.78 is 1.70. The van der Waals surface area contributed by atoms with Crippen LogP contribution in [0.15, 0.2) is 48.8 Å². The van der Waals surface area contributed by atoms with Crippen molar-refractivity contribution in [2.24, 2.45) is 7.05 Å². The van der Waals surface area contributed by atoms with Gasteiger partial charge in [0.2, 0.25) is 0 Å². The van der Waals surface area contributed by atoms with Gasteiger partial charge in [-0.2, -0.15) is 5.10 Å². The first-order valence-corrected chi connectivity index (χ1v) is 6.71. The Kier molecular flexibility index (Phi) is 3.36. The molecule has 2 aromatic heterocycles. The number of para-hydroxylation sites is 1. The van der Waals surface area contributed by atoms with Crippen molar-refractivity contribution in [2.75, 3.05) is 0 Å². The predicted octanol–water partition coefficient (Wildman–Crippen LogP) is 3.17. The number of carbonyl (C=O) groups excluding carboxylic acids is 1. The first-order valence-electron chi connectivity index (χ1n) is 6.71. The molecule has 0 aliphatic heterocycles. The fourth-order valence-electron chi connectivity index (χ4n) is 2.26. The number of aryl methyl sites for hydroxylation is 1. The number of ketones is 1. The number of nitrogens with zero attached hydrogens (tertiary/aromatic N) is 3. The zero-order valence-electron chi connectivity index (χ0n) is 11.9. The van der Waals surface area contributed by atoms with Crippen molar-refractivity contribution in [3.05, 3.63) is 65.6 Å². The molecule has 0 aliphatic carbocycles. The summed E-state index contributed by atoms with van der Waals surface area (Å²) >= 11 is 0. The van der Waals surface area contributed by atoms with Gasteiger partial charge in [-0.05, 0) is 30.7 Å². The van der Waals surface area contributed by atoms with Gasteiger partial charge in [0, 0.05) is 24.3 Å². The van der Waals surface area contributed by atoms with Crippen molar-refractivity contribution in [1.82, 2.24) is 14.8 Å². The van der Waals surface area contributed by atoms with E-state index in [1.165, 1.54) is 0 Å². The summed E-state index contributed by atoms with van der Waals surface area (Å²) in [5, 5.41) is 5.13. The van der Waals surface area contributed by atoms with Crippen LogP contribution < -0.4 is 0 Å². The summed E-state index contributed by atoms with van der Waals surface area (Å²) in [5.74, 6) is -0.0403. The van der Waals surface area contributed by atoms with Crippen LogP contribution in [0, 0.1) is 6.92 Å². The number of benzene rings is 1. The highest BCUT2D eigenvalue weighted by Crippen LogP contribution is 2.18. The summed E-state index contributed by atoms with van der Waals surface area (Å²) in [7, 11) is 1.83. The average molecular weight is 277 g/mol. The quantitative estimate of drug-likeness (QED) is 0.545. The van der Waals surface area contributed by atoms with E-state index in [9.17, 15) is 4.79 Å². The van der Waals surface area contributed by atoms with Gasteiger partial charge in [0.1, 0.15) is 0 Å². The minimum Gasteiger partial charge on any atom is -0.289 e. The SMILES string of the molecule is Cc1c(C(=O)/C=C/c2ccnc3ccccc23)cnn1C. The molecule has 0 unspecified atom stereocenters. The molecule has 0 bridgehead atoms. The third-order valence-electron chi connectivity index (χ3n) is 3.60. The fourth-order valence-corrected chi connectivity index (χ4v) is 2.26. The van der Waals surface area contributed by atoms with Crippen molar-refractivity contribution in [1.29, 1.82) is 0 Å². The molecule has 104 valence electrons. The lowest BCUT2D eigenvalue weighted by Crippen LogP contribution is -1.98. The zero-order chi connectivity index (χ0) is 14.8. The summed E-state index contributed by atoms with van der Waals surface area (Å²) in [5.41, 5.74) is 3.40. The number of hydrogen-bond acceptors (Lipinski definition) is 3. The van der Waals surface area contributed by atoms with Gasteiger partial charge in [-0.3, -0.25) is 14.5 Å². The Morgan fingerprint density at radius 1 is 1.24 bits per heavy atom. The number of carbonyl (C=O) groups is 1. The molecule has 0 saturated heterocycles. The van der Waals surface area contributed by atoms with Crippen LogP contribution >= 0.6 is 0 Å². The number of pyridine rings is 1. The third-order valence-corrected chi connectivity index (χ3v) is 3.60. The Bertz CT molecular complexity index is 841. The van der Waals surface area contributed by atoms with E-state index in [0.29, 0.717) is 5.56 Å². The van der Waals surface area contributed by atoms with Gasteiger partial charge in [0.25, 0.3) is 0 Å². The molecule has 0 fully saturated rings. The second-order valence-electron chi connectivity index (χ2n) is 4.88. The van der Waals surface area contributed by atoms with Crippen molar-refractivity contribution in [2.45, 2.75) is 6.92 Å². The van der Waals surface area contributed by atoms with Crippen LogP contribution in [0.4, 0.5) is 0 Å². The Morgan fingerprint density at radius 3 is 2.81 bits per heavy atom. The van der Waals surface area contributed by atoms with Crippen LogP contribution in [0.3, 0.4) is 0 Å². The minimum absolute atomic E-state index is 0.0403. The van der Waals surface area contributed by atoms with Crippen molar-refractivity contribution < 1.29 is 4.79 Å². The maximum absolute atomic E-state index is 12.2. The Balaban J connectivity index is 1.95. The largest absolute Gasteiger partial charge is 0.289 e. The molecule has 0 spiro atoms. The molecule has 0 radical (unpaired) electrons. The summed E-state index contributed by atoms with van der Waals surface area (Å²) in [6.45, 7) is 1.88. The third kappa shape index (κ3) is 2.48. The van der Waals surface area contributed by atoms with E-state index in [-0.39, 0.29) is 5.78 Å². The van der Waals surface area contributed by atoms with Gasteiger partial charge in [0.15, 0.2) is 5.78 Å². The van der Waals surface area contributed by atoms with Crippen LogP contribution in [-0.2, 0) is 7.05 Å².